The number of thiophene rings is 1. The average molecular weight is 312 g/mol. The maximum Gasteiger partial charge on any atom is 0.307 e. The van der Waals surface area contributed by atoms with E-state index in [9.17, 15) is 9.59 Å². The molecule has 0 aliphatic heterocycles. The van der Waals surface area contributed by atoms with Crippen LogP contribution in [0.5, 0.6) is 0 Å². The van der Waals surface area contributed by atoms with Crippen LogP contribution in [0.15, 0.2) is 0 Å². The van der Waals surface area contributed by atoms with Crippen molar-refractivity contribution in [1.29, 1.82) is 5.26 Å². The van der Waals surface area contributed by atoms with Crippen LogP contribution in [0, 0.1) is 31.1 Å². The normalized spacial score (nSPS) is 11.7. The van der Waals surface area contributed by atoms with Crippen molar-refractivity contribution in [2.45, 2.75) is 20.8 Å². The van der Waals surface area contributed by atoms with Gasteiger partial charge in [-0.1, -0.05) is 6.92 Å². The Morgan fingerprint density at radius 2 is 2.15 bits per heavy atom. The van der Waals surface area contributed by atoms with Crippen LogP contribution < -0.4 is 5.32 Å². The van der Waals surface area contributed by atoms with Crippen molar-refractivity contribution in [3.05, 3.63) is 16.0 Å². The minimum absolute atomic E-state index is 0.179. The number of amides is 1. The molecule has 0 aliphatic carbocycles. The average Bonchev–Trinajstić information content (AvgIpc) is 2.64. The Labute approximate surface area is 126 Å². The number of carbonyl (C=O) groups is 2. The fourth-order valence-corrected chi connectivity index (χ4v) is 3.31. The van der Waals surface area contributed by atoms with Crippen molar-refractivity contribution in [1.82, 2.24) is 0 Å². The number of nitrogens with one attached hydrogen (secondary N) is 1. The highest BCUT2D eigenvalue weighted by molar-refractivity contribution is 8.00. The zero-order chi connectivity index (χ0) is 15.3. The molecular weight excluding hydrogens is 296 g/mol. The van der Waals surface area contributed by atoms with Crippen LogP contribution in [-0.4, -0.2) is 28.5 Å². The van der Waals surface area contributed by atoms with E-state index in [0.29, 0.717) is 16.3 Å². The molecule has 2 N–H and O–H groups in total. The Morgan fingerprint density at radius 1 is 1.50 bits per heavy atom. The van der Waals surface area contributed by atoms with Gasteiger partial charge in [0.25, 0.3) is 0 Å². The number of hydrogen-bond acceptors (Lipinski definition) is 5. The largest absolute Gasteiger partial charge is 0.481 e. The third kappa shape index (κ3) is 4.25. The zero-order valence-corrected chi connectivity index (χ0v) is 13.2. The molecule has 1 aromatic heterocycles. The maximum atomic E-state index is 11.8. The summed E-state index contributed by atoms with van der Waals surface area (Å²) in [4.78, 5) is 23.4. The van der Waals surface area contributed by atoms with E-state index >= 15 is 0 Å². The molecule has 1 atom stereocenters. The first-order valence-corrected chi connectivity index (χ1v) is 7.94. The van der Waals surface area contributed by atoms with E-state index in [1.165, 1.54) is 23.1 Å². The van der Waals surface area contributed by atoms with Crippen molar-refractivity contribution in [3.8, 4) is 6.07 Å². The van der Waals surface area contributed by atoms with Gasteiger partial charge in [0, 0.05) is 10.6 Å². The van der Waals surface area contributed by atoms with Crippen molar-refractivity contribution in [2.75, 3.05) is 16.8 Å². The van der Waals surface area contributed by atoms with Gasteiger partial charge in [-0.3, -0.25) is 9.59 Å². The van der Waals surface area contributed by atoms with E-state index in [2.05, 4.69) is 11.4 Å². The molecule has 0 aromatic carbocycles. The molecule has 1 aromatic rings. The van der Waals surface area contributed by atoms with Gasteiger partial charge < -0.3 is 10.4 Å². The number of carboxylic acid groups (broad SMARTS) is 1. The maximum absolute atomic E-state index is 11.8. The number of carboxylic acids is 1. The molecule has 1 heterocycles. The van der Waals surface area contributed by atoms with Crippen LogP contribution in [0.25, 0.3) is 0 Å². The second-order valence-corrected chi connectivity index (χ2v) is 6.66. The van der Waals surface area contributed by atoms with Gasteiger partial charge in [0.2, 0.25) is 5.91 Å². The SMILES string of the molecule is Cc1sc(NC(=O)CSCC(C)C(=O)O)c(C#N)c1C. The first kappa shape index (κ1) is 16.5. The van der Waals surface area contributed by atoms with Crippen LogP contribution in [0.3, 0.4) is 0 Å². The Balaban J connectivity index is 2.54. The number of thioether (sulfide) groups is 1. The molecule has 1 amide bonds. The van der Waals surface area contributed by atoms with Crippen LogP contribution in [0.2, 0.25) is 0 Å². The van der Waals surface area contributed by atoms with Gasteiger partial charge in [-0.05, 0) is 19.4 Å². The lowest BCUT2D eigenvalue weighted by Gasteiger charge is -2.06. The number of anilines is 1. The summed E-state index contributed by atoms with van der Waals surface area (Å²) in [6.07, 6.45) is 0. The lowest BCUT2D eigenvalue weighted by atomic mass is 10.2. The number of carbonyl (C=O) groups excluding carboxylic acids is 1. The summed E-state index contributed by atoms with van der Waals surface area (Å²) >= 11 is 2.65. The van der Waals surface area contributed by atoms with Crippen molar-refractivity contribution < 1.29 is 14.7 Å². The number of rotatable bonds is 6. The second-order valence-electron chi connectivity index (χ2n) is 4.40. The molecule has 0 fully saturated rings. The highest BCUT2D eigenvalue weighted by Gasteiger charge is 2.15. The monoisotopic (exact) mass is 312 g/mol. The number of nitriles is 1. The van der Waals surface area contributed by atoms with Gasteiger partial charge in [0.15, 0.2) is 0 Å². The van der Waals surface area contributed by atoms with Crippen molar-refractivity contribution in [2.24, 2.45) is 5.92 Å². The number of aryl methyl sites for hydroxylation is 1. The van der Waals surface area contributed by atoms with E-state index in [4.69, 9.17) is 10.4 Å². The van der Waals surface area contributed by atoms with E-state index in [1.807, 2.05) is 13.8 Å². The van der Waals surface area contributed by atoms with Crippen molar-refractivity contribution >= 4 is 40.0 Å². The second kappa shape index (κ2) is 7.31. The predicted molar refractivity (Wildman–Crippen MR) is 81.3 cm³/mol. The standard InChI is InChI=1S/C13H16N2O3S2/c1-7(13(17)18)5-19-6-11(16)15-12-10(4-14)8(2)9(3)20-12/h7H,5-6H2,1-3H3,(H,15,16)(H,17,18). The zero-order valence-electron chi connectivity index (χ0n) is 11.5. The van der Waals surface area contributed by atoms with Crippen LogP contribution in [-0.2, 0) is 9.59 Å². The number of nitrogens with zero attached hydrogens (tertiary/aromatic N) is 1. The Kier molecular flexibility index (Phi) is 6.05. The van der Waals surface area contributed by atoms with Gasteiger partial charge in [-0.15, -0.1) is 11.3 Å². The topological polar surface area (TPSA) is 90.2 Å². The van der Waals surface area contributed by atoms with E-state index in [1.54, 1.807) is 6.92 Å². The molecule has 1 unspecified atom stereocenters. The summed E-state index contributed by atoms with van der Waals surface area (Å²) in [6, 6.07) is 2.09. The van der Waals surface area contributed by atoms with E-state index < -0.39 is 11.9 Å². The molecule has 5 nitrogen and oxygen atoms in total. The summed E-state index contributed by atoms with van der Waals surface area (Å²) in [5, 5.41) is 21.1. The lowest BCUT2D eigenvalue weighted by molar-refractivity contribution is -0.140. The molecule has 0 saturated heterocycles. The molecule has 20 heavy (non-hydrogen) atoms. The van der Waals surface area contributed by atoms with Crippen LogP contribution in [0.4, 0.5) is 5.00 Å². The third-order valence-electron chi connectivity index (χ3n) is 2.77. The van der Waals surface area contributed by atoms with Crippen LogP contribution >= 0.6 is 23.1 Å². The summed E-state index contributed by atoms with van der Waals surface area (Å²) in [6.45, 7) is 5.36. The smallest absolute Gasteiger partial charge is 0.307 e. The third-order valence-corrected chi connectivity index (χ3v) is 5.10. The Bertz CT molecular complexity index is 561. The Hall–Kier alpha value is -1.52. The summed E-state index contributed by atoms with van der Waals surface area (Å²) in [5.41, 5.74) is 1.39. The quantitative estimate of drug-likeness (QED) is 0.842. The first-order chi connectivity index (χ1) is 9.36. The van der Waals surface area contributed by atoms with E-state index in [0.717, 1.165) is 10.4 Å². The van der Waals surface area contributed by atoms with Gasteiger partial charge in [0.1, 0.15) is 11.1 Å². The minimum Gasteiger partial charge on any atom is -0.481 e. The fourth-order valence-electron chi connectivity index (χ4n) is 1.41. The lowest BCUT2D eigenvalue weighted by Crippen LogP contribution is -2.17. The summed E-state index contributed by atoms with van der Waals surface area (Å²) < 4.78 is 0. The molecule has 7 heteroatoms. The minimum atomic E-state index is -0.866. The first-order valence-electron chi connectivity index (χ1n) is 5.97. The predicted octanol–water partition coefficient (Wildman–Crippen LogP) is 2.63. The summed E-state index contributed by atoms with van der Waals surface area (Å²) in [5.74, 6) is -0.998. The molecule has 0 bridgehead atoms. The highest BCUT2D eigenvalue weighted by atomic mass is 32.2. The van der Waals surface area contributed by atoms with Gasteiger partial charge in [-0.25, -0.2) is 0 Å². The molecule has 0 saturated carbocycles. The van der Waals surface area contributed by atoms with Crippen LogP contribution in [0.1, 0.15) is 22.9 Å². The van der Waals surface area contributed by atoms with Gasteiger partial charge >= 0.3 is 5.97 Å². The Morgan fingerprint density at radius 3 is 2.70 bits per heavy atom. The van der Waals surface area contributed by atoms with Gasteiger partial charge in [0.05, 0.1) is 17.2 Å². The van der Waals surface area contributed by atoms with Gasteiger partial charge in [-0.2, -0.15) is 17.0 Å². The molecule has 108 valence electrons. The van der Waals surface area contributed by atoms with E-state index in [-0.39, 0.29) is 11.7 Å². The molecular formula is C13H16N2O3S2. The number of aliphatic carboxylic acids is 1. The molecule has 0 spiro atoms. The highest BCUT2D eigenvalue weighted by Crippen LogP contribution is 2.31. The fraction of sp³-hybridized carbons (Fsp3) is 0.462. The molecule has 0 radical (unpaired) electrons. The molecule has 1 rings (SSSR count). The summed E-state index contributed by atoms with van der Waals surface area (Å²) in [7, 11) is 0. The van der Waals surface area contributed by atoms with Crippen molar-refractivity contribution in [3.63, 3.8) is 0 Å². The number of hydrogen-bond donors (Lipinski definition) is 2. The molecule has 0 aliphatic rings.